The molecule has 0 spiro atoms. The summed E-state index contributed by atoms with van der Waals surface area (Å²) in [6, 6.07) is 7.61. The summed E-state index contributed by atoms with van der Waals surface area (Å²) >= 11 is 7.66. The van der Waals surface area contributed by atoms with Crippen LogP contribution in [0.25, 0.3) is 0 Å². The van der Waals surface area contributed by atoms with Crippen LogP contribution < -0.4 is 10.5 Å². The summed E-state index contributed by atoms with van der Waals surface area (Å²) in [6.45, 7) is 2.81. The van der Waals surface area contributed by atoms with E-state index in [9.17, 15) is 0 Å². The van der Waals surface area contributed by atoms with Gasteiger partial charge in [0.2, 0.25) is 0 Å². The molecule has 1 saturated heterocycles. The molecule has 1 aliphatic heterocycles. The fraction of sp³-hybridized carbons (Fsp3) is 0.357. The molecule has 4 nitrogen and oxygen atoms in total. The average Bonchev–Trinajstić information content (AvgIpc) is 3.02. The van der Waals surface area contributed by atoms with Crippen molar-refractivity contribution in [3.63, 3.8) is 0 Å². The molecule has 3 rings (SSSR count). The van der Waals surface area contributed by atoms with Gasteiger partial charge < -0.3 is 10.5 Å². The summed E-state index contributed by atoms with van der Waals surface area (Å²) in [5.41, 5.74) is 5.65. The first-order chi connectivity index (χ1) is 9.70. The molecule has 0 radical (unpaired) electrons. The summed E-state index contributed by atoms with van der Waals surface area (Å²) in [5.74, 6) is 0.767. The minimum Gasteiger partial charge on any atom is -0.487 e. The Hall–Kier alpha value is -1.30. The highest BCUT2D eigenvalue weighted by Gasteiger charge is 2.24. The first-order valence-corrected chi connectivity index (χ1v) is 7.74. The van der Waals surface area contributed by atoms with Crippen molar-refractivity contribution in [2.45, 2.75) is 19.1 Å². The van der Waals surface area contributed by atoms with Gasteiger partial charge in [0.25, 0.3) is 0 Å². The highest BCUT2D eigenvalue weighted by atomic mass is 35.5. The molecule has 0 aliphatic carbocycles. The number of nitrogens with two attached hydrogens (primary N) is 1. The van der Waals surface area contributed by atoms with Crippen molar-refractivity contribution in [3.05, 3.63) is 40.4 Å². The Labute approximate surface area is 127 Å². The van der Waals surface area contributed by atoms with Crippen molar-refractivity contribution >= 4 is 28.1 Å². The second-order valence-electron chi connectivity index (χ2n) is 4.86. The van der Waals surface area contributed by atoms with Crippen LogP contribution in [0.5, 0.6) is 5.75 Å². The van der Waals surface area contributed by atoms with Crippen LogP contribution in [0.2, 0.25) is 5.02 Å². The number of aromatic nitrogens is 1. The van der Waals surface area contributed by atoms with Gasteiger partial charge in [-0.15, -0.1) is 11.3 Å². The lowest BCUT2D eigenvalue weighted by atomic mass is 10.3. The quantitative estimate of drug-likeness (QED) is 0.943. The van der Waals surface area contributed by atoms with E-state index in [4.69, 9.17) is 22.1 Å². The molecular weight excluding hydrogens is 294 g/mol. The Morgan fingerprint density at radius 2 is 2.30 bits per heavy atom. The van der Waals surface area contributed by atoms with E-state index in [0.29, 0.717) is 10.2 Å². The Bertz CT molecular complexity index is 589. The van der Waals surface area contributed by atoms with Gasteiger partial charge in [0, 0.05) is 30.7 Å². The predicted molar refractivity (Wildman–Crippen MR) is 82.3 cm³/mol. The molecule has 1 aliphatic rings. The lowest BCUT2D eigenvalue weighted by molar-refractivity contribution is 0.199. The van der Waals surface area contributed by atoms with Crippen LogP contribution in [0.1, 0.15) is 11.3 Å². The number of ether oxygens (including phenoxy) is 1. The second-order valence-corrected chi connectivity index (χ2v) is 6.41. The molecular formula is C14H16ClN3OS. The topological polar surface area (TPSA) is 51.4 Å². The van der Waals surface area contributed by atoms with Crippen molar-refractivity contribution in [2.24, 2.45) is 0 Å². The Morgan fingerprint density at radius 1 is 1.45 bits per heavy atom. The summed E-state index contributed by atoms with van der Waals surface area (Å²) in [7, 11) is 0. The van der Waals surface area contributed by atoms with Gasteiger partial charge in [0.1, 0.15) is 11.9 Å². The number of para-hydroxylation sites is 1. The van der Waals surface area contributed by atoms with E-state index in [1.54, 1.807) is 11.3 Å². The summed E-state index contributed by atoms with van der Waals surface area (Å²) < 4.78 is 5.97. The van der Waals surface area contributed by atoms with Gasteiger partial charge in [-0.1, -0.05) is 23.7 Å². The molecule has 1 unspecified atom stereocenters. The molecule has 20 heavy (non-hydrogen) atoms. The molecule has 2 N–H and O–H groups in total. The lowest BCUT2D eigenvalue weighted by Gasteiger charge is -2.16. The largest absolute Gasteiger partial charge is 0.487 e. The molecule has 6 heteroatoms. The van der Waals surface area contributed by atoms with E-state index in [2.05, 4.69) is 9.88 Å². The van der Waals surface area contributed by atoms with Gasteiger partial charge in [-0.2, -0.15) is 0 Å². The number of benzene rings is 1. The third-order valence-electron chi connectivity index (χ3n) is 3.31. The van der Waals surface area contributed by atoms with Gasteiger partial charge in [0.15, 0.2) is 5.13 Å². The van der Waals surface area contributed by atoms with E-state index in [-0.39, 0.29) is 6.10 Å². The molecule has 0 saturated carbocycles. The van der Waals surface area contributed by atoms with Gasteiger partial charge in [0.05, 0.1) is 5.02 Å². The molecule has 2 aromatic rings. The summed E-state index contributed by atoms with van der Waals surface area (Å²) in [6.07, 6.45) is 3.06. The highest BCUT2D eigenvalue weighted by molar-refractivity contribution is 7.15. The number of hydrogen-bond acceptors (Lipinski definition) is 5. The smallest absolute Gasteiger partial charge is 0.180 e. The number of thiazole rings is 1. The Kier molecular flexibility index (Phi) is 4.10. The monoisotopic (exact) mass is 309 g/mol. The molecule has 1 atom stereocenters. The Morgan fingerprint density at radius 3 is 3.05 bits per heavy atom. The first-order valence-electron chi connectivity index (χ1n) is 6.54. The second kappa shape index (κ2) is 5.99. The van der Waals surface area contributed by atoms with Gasteiger partial charge in [-0.25, -0.2) is 4.98 Å². The van der Waals surface area contributed by atoms with Crippen molar-refractivity contribution < 1.29 is 4.74 Å². The number of halogens is 1. The van der Waals surface area contributed by atoms with Gasteiger partial charge in [-0.3, -0.25) is 4.90 Å². The first kappa shape index (κ1) is 13.7. The van der Waals surface area contributed by atoms with E-state index in [0.717, 1.165) is 31.8 Å². The van der Waals surface area contributed by atoms with Crippen molar-refractivity contribution in [2.75, 3.05) is 18.8 Å². The van der Waals surface area contributed by atoms with E-state index in [1.165, 1.54) is 4.88 Å². The van der Waals surface area contributed by atoms with Crippen LogP contribution in [0.3, 0.4) is 0 Å². The lowest BCUT2D eigenvalue weighted by Crippen LogP contribution is -2.24. The maximum Gasteiger partial charge on any atom is 0.180 e. The molecule has 1 aromatic heterocycles. The summed E-state index contributed by atoms with van der Waals surface area (Å²) in [5, 5.41) is 1.30. The minimum atomic E-state index is 0.195. The average molecular weight is 310 g/mol. The third kappa shape index (κ3) is 3.23. The maximum absolute atomic E-state index is 6.11. The highest BCUT2D eigenvalue weighted by Crippen LogP contribution is 2.27. The minimum absolute atomic E-state index is 0.195. The molecule has 1 aromatic carbocycles. The fourth-order valence-corrected chi connectivity index (χ4v) is 3.28. The third-order valence-corrected chi connectivity index (χ3v) is 4.43. The van der Waals surface area contributed by atoms with Crippen LogP contribution in [0.15, 0.2) is 30.5 Å². The van der Waals surface area contributed by atoms with Crippen LogP contribution in [-0.2, 0) is 6.54 Å². The zero-order valence-electron chi connectivity index (χ0n) is 11.0. The normalized spacial score (nSPS) is 19.4. The zero-order chi connectivity index (χ0) is 13.9. The van der Waals surface area contributed by atoms with Gasteiger partial charge >= 0.3 is 0 Å². The molecule has 0 bridgehead atoms. The van der Waals surface area contributed by atoms with Crippen molar-refractivity contribution in [3.8, 4) is 5.75 Å². The summed E-state index contributed by atoms with van der Waals surface area (Å²) in [4.78, 5) is 7.63. The van der Waals surface area contributed by atoms with E-state index < -0.39 is 0 Å². The van der Waals surface area contributed by atoms with Crippen molar-refractivity contribution in [1.29, 1.82) is 0 Å². The number of hydrogen-bond donors (Lipinski definition) is 1. The molecule has 0 amide bonds. The van der Waals surface area contributed by atoms with Crippen LogP contribution >= 0.6 is 22.9 Å². The number of nitrogen functional groups attached to an aromatic ring is 1. The molecule has 1 fully saturated rings. The number of likely N-dealkylation sites (tertiary alicyclic amines) is 1. The Balaban J connectivity index is 1.56. The number of anilines is 1. The zero-order valence-corrected chi connectivity index (χ0v) is 12.5. The van der Waals surface area contributed by atoms with Crippen LogP contribution in [0.4, 0.5) is 5.13 Å². The molecule has 2 heterocycles. The molecule has 106 valence electrons. The maximum atomic E-state index is 6.11. The number of rotatable bonds is 4. The van der Waals surface area contributed by atoms with Crippen LogP contribution in [0, 0.1) is 0 Å². The van der Waals surface area contributed by atoms with Crippen molar-refractivity contribution in [1.82, 2.24) is 9.88 Å². The predicted octanol–water partition coefficient (Wildman–Crippen LogP) is 3.03. The van der Waals surface area contributed by atoms with Gasteiger partial charge in [-0.05, 0) is 18.6 Å². The standard InChI is InChI=1S/C14H16ClN3OS/c15-12-3-1-2-4-13(12)19-10-5-6-18(8-10)9-11-7-17-14(16)20-11/h1-4,7,10H,5-6,8-9H2,(H2,16,17). The van der Waals surface area contributed by atoms with E-state index in [1.807, 2.05) is 30.5 Å². The van der Waals surface area contributed by atoms with E-state index >= 15 is 0 Å². The number of nitrogens with zero attached hydrogens (tertiary/aromatic N) is 2. The SMILES string of the molecule is Nc1ncc(CN2CCC(Oc3ccccc3Cl)C2)s1. The van der Waals surface area contributed by atoms with Crippen LogP contribution in [-0.4, -0.2) is 29.1 Å². The fourth-order valence-electron chi connectivity index (χ4n) is 2.37.